The molecule has 2 aromatic carbocycles. The Morgan fingerprint density at radius 3 is 2.16 bits per heavy atom. The zero-order chi connectivity index (χ0) is 22.6. The van der Waals surface area contributed by atoms with E-state index in [1.165, 1.54) is 28.9 Å². The van der Waals surface area contributed by atoms with Crippen LogP contribution in [0.5, 0.6) is 0 Å². The van der Waals surface area contributed by atoms with Crippen molar-refractivity contribution < 1.29 is 18.0 Å². The van der Waals surface area contributed by atoms with Gasteiger partial charge in [-0.05, 0) is 50.6 Å². The van der Waals surface area contributed by atoms with E-state index < -0.39 is 19.2 Å². The normalized spacial score (nSPS) is 12.7. The van der Waals surface area contributed by atoms with Crippen LogP contribution in [0.3, 0.4) is 0 Å². The molecule has 166 valence electrons. The van der Waals surface area contributed by atoms with Crippen LogP contribution in [0.4, 0.5) is 10.1 Å². The molecule has 3 aromatic rings. The summed E-state index contributed by atoms with van der Waals surface area (Å²) in [5, 5.41) is 3.10. The van der Waals surface area contributed by atoms with Gasteiger partial charge in [0.2, 0.25) is 0 Å². The first-order valence-electron chi connectivity index (χ1n) is 10.1. The Labute approximate surface area is 180 Å². The first kappa shape index (κ1) is 23.0. The van der Waals surface area contributed by atoms with Gasteiger partial charge in [-0.15, -0.1) is 0 Å². The largest absolute Gasteiger partial charge is 0.362 e. The minimum atomic E-state index is -3.74. The lowest BCUT2D eigenvalue weighted by molar-refractivity contribution is 0.214. The highest BCUT2D eigenvalue weighted by molar-refractivity contribution is 7.54. The van der Waals surface area contributed by atoms with Gasteiger partial charge in [0.1, 0.15) is 11.5 Å². The Hall–Kier alpha value is -2.67. The molecule has 9 heteroatoms. The molecule has 0 radical (unpaired) electrons. The Balaban J connectivity index is 2.13. The van der Waals surface area contributed by atoms with Crippen molar-refractivity contribution in [1.82, 2.24) is 9.36 Å². The number of hydrogen-bond acceptors (Lipinski definition) is 5. The average Bonchev–Trinajstić information content (AvgIpc) is 2.96. The quantitative estimate of drug-likeness (QED) is 0.467. The highest BCUT2D eigenvalue weighted by atomic mass is 31.2. The van der Waals surface area contributed by atoms with Gasteiger partial charge in [0.25, 0.3) is 5.56 Å². The molecule has 0 saturated heterocycles. The second kappa shape index (κ2) is 9.64. The Bertz CT molecular complexity index is 1120. The smallest absolute Gasteiger partial charge is 0.357 e. The van der Waals surface area contributed by atoms with E-state index in [4.69, 9.17) is 9.05 Å². The number of hydrogen-bond donors (Lipinski definition) is 1. The summed E-state index contributed by atoms with van der Waals surface area (Å²) in [5.41, 5.74) is 1.78. The minimum Gasteiger partial charge on any atom is -0.362 e. The van der Waals surface area contributed by atoms with E-state index in [2.05, 4.69) is 5.32 Å². The summed E-state index contributed by atoms with van der Waals surface area (Å²) in [5.74, 6) is -1.42. The molecule has 1 unspecified atom stereocenters. The summed E-state index contributed by atoms with van der Waals surface area (Å²) in [7, 11) is -1.97. The summed E-state index contributed by atoms with van der Waals surface area (Å²) < 4.78 is 41.5. The van der Waals surface area contributed by atoms with E-state index >= 15 is 0 Å². The fourth-order valence-corrected chi connectivity index (χ4v) is 5.32. The first-order valence-corrected chi connectivity index (χ1v) is 11.7. The van der Waals surface area contributed by atoms with Crippen molar-refractivity contribution in [2.75, 3.05) is 18.5 Å². The van der Waals surface area contributed by atoms with Crippen LogP contribution in [0.25, 0.3) is 5.69 Å². The van der Waals surface area contributed by atoms with Crippen LogP contribution in [0, 0.1) is 12.7 Å². The molecule has 0 bridgehead atoms. The predicted octanol–water partition coefficient (Wildman–Crippen LogP) is 5.00. The maximum absolute atomic E-state index is 13.7. The fraction of sp³-hybridized carbons (Fsp3) is 0.318. The second-order valence-corrected chi connectivity index (χ2v) is 9.02. The molecule has 0 aliphatic carbocycles. The molecule has 0 spiro atoms. The van der Waals surface area contributed by atoms with Crippen LogP contribution in [-0.4, -0.2) is 22.6 Å². The number of para-hydroxylation sites is 1. The lowest BCUT2D eigenvalue weighted by Crippen LogP contribution is -2.23. The van der Waals surface area contributed by atoms with Crippen molar-refractivity contribution >= 4 is 13.3 Å². The highest BCUT2D eigenvalue weighted by Gasteiger charge is 2.38. The molecule has 0 aliphatic rings. The van der Waals surface area contributed by atoms with E-state index in [9.17, 15) is 13.8 Å². The maximum Gasteiger partial charge on any atom is 0.357 e. The molecule has 1 aromatic heterocycles. The van der Waals surface area contributed by atoms with Gasteiger partial charge in [0.05, 0.1) is 24.6 Å². The second-order valence-electron chi connectivity index (χ2n) is 6.91. The molecule has 0 fully saturated rings. The first-order chi connectivity index (χ1) is 14.8. The molecule has 0 amide bonds. The van der Waals surface area contributed by atoms with E-state index in [-0.39, 0.29) is 24.5 Å². The zero-order valence-corrected chi connectivity index (χ0v) is 18.9. The topological polar surface area (TPSA) is 74.5 Å². The summed E-state index contributed by atoms with van der Waals surface area (Å²) in [6.45, 7) is 5.52. The number of nitrogens with one attached hydrogen (secondary N) is 1. The number of anilines is 1. The van der Waals surface area contributed by atoms with Crippen molar-refractivity contribution in [2.24, 2.45) is 7.05 Å². The van der Waals surface area contributed by atoms with Crippen LogP contribution in [0.2, 0.25) is 0 Å². The molecule has 1 N–H and O–H groups in total. The van der Waals surface area contributed by atoms with Gasteiger partial charge in [-0.25, -0.2) is 9.07 Å². The van der Waals surface area contributed by atoms with E-state index in [1.54, 1.807) is 32.5 Å². The van der Waals surface area contributed by atoms with E-state index in [1.807, 2.05) is 30.3 Å². The lowest BCUT2D eigenvalue weighted by Gasteiger charge is -2.27. The van der Waals surface area contributed by atoms with Crippen molar-refractivity contribution in [1.29, 1.82) is 0 Å². The van der Waals surface area contributed by atoms with Crippen molar-refractivity contribution in [3.63, 3.8) is 0 Å². The number of aromatic nitrogens is 2. The number of benzene rings is 2. The molecule has 3 rings (SSSR count). The van der Waals surface area contributed by atoms with Crippen molar-refractivity contribution in [3.8, 4) is 5.69 Å². The monoisotopic (exact) mass is 447 g/mol. The standard InChI is InChI=1S/C22H27FN3O4P/c1-5-29-31(28,30-6-2)21(17-12-14-18(23)15-13-17)24-20-16(3)25(4)26(22(20)27)19-10-8-7-9-11-19/h7-15,21,24H,5-6H2,1-4H3. The SMILES string of the molecule is CCOP(=O)(OCC)C(Nc1c(C)n(C)n(-c2ccccc2)c1=O)c1ccc(F)cc1. The van der Waals surface area contributed by atoms with Gasteiger partial charge in [0.15, 0.2) is 5.78 Å². The summed E-state index contributed by atoms with van der Waals surface area (Å²) >= 11 is 0. The third-order valence-electron chi connectivity index (χ3n) is 4.96. The van der Waals surface area contributed by atoms with Gasteiger partial charge in [-0.2, -0.15) is 0 Å². The van der Waals surface area contributed by atoms with Gasteiger partial charge in [-0.3, -0.25) is 14.0 Å². The van der Waals surface area contributed by atoms with E-state index in [0.29, 0.717) is 16.9 Å². The van der Waals surface area contributed by atoms with Crippen LogP contribution < -0.4 is 10.9 Å². The van der Waals surface area contributed by atoms with E-state index in [0.717, 1.165) is 0 Å². The zero-order valence-electron chi connectivity index (χ0n) is 18.0. The number of halogens is 1. The van der Waals surface area contributed by atoms with Crippen LogP contribution in [0.15, 0.2) is 59.4 Å². The molecule has 7 nitrogen and oxygen atoms in total. The molecular weight excluding hydrogens is 420 g/mol. The van der Waals surface area contributed by atoms with Gasteiger partial charge in [-0.1, -0.05) is 30.3 Å². The summed E-state index contributed by atoms with van der Waals surface area (Å²) in [4.78, 5) is 13.3. The number of nitrogens with zero attached hydrogens (tertiary/aromatic N) is 2. The van der Waals surface area contributed by atoms with Gasteiger partial charge >= 0.3 is 7.60 Å². The molecule has 0 saturated carbocycles. The fourth-order valence-electron chi connectivity index (χ4n) is 3.41. The van der Waals surface area contributed by atoms with Gasteiger partial charge in [0, 0.05) is 7.05 Å². The molecule has 1 heterocycles. The maximum atomic E-state index is 13.7. The number of rotatable bonds is 9. The van der Waals surface area contributed by atoms with Crippen LogP contribution in [0.1, 0.15) is 30.9 Å². The van der Waals surface area contributed by atoms with Gasteiger partial charge < -0.3 is 14.4 Å². The van der Waals surface area contributed by atoms with Crippen molar-refractivity contribution in [3.05, 3.63) is 82.0 Å². The molecule has 1 atom stereocenters. The Morgan fingerprint density at radius 1 is 1.03 bits per heavy atom. The average molecular weight is 447 g/mol. The minimum absolute atomic E-state index is 0.151. The Kier molecular flexibility index (Phi) is 7.15. The molecule has 31 heavy (non-hydrogen) atoms. The molecular formula is C22H27FN3O4P. The predicted molar refractivity (Wildman–Crippen MR) is 119 cm³/mol. The lowest BCUT2D eigenvalue weighted by atomic mass is 10.2. The third kappa shape index (κ3) is 4.66. The summed E-state index contributed by atoms with van der Waals surface area (Å²) in [6.07, 6.45) is 0. The van der Waals surface area contributed by atoms with Crippen LogP contribution >= 0.6 is 7.60 Å². The Morgan fingerprint density at radius 2 is 1.61 bits per heavy atom. The van der Waals surface area contributed by atoms with Crippen LogP contribution in [-0.2, 0) is 20.7 Å². The third-order valence-corrected chi connectivity index (χ3v) is 7.25. The van der Waals surface area contributed by atoms with Crippen molar-refractivity contribution in [2.45, 2.75) is 26.6 Å². The highest BCUT2D eigenvalue weighted by Crippen LogP contribution is 2.60. The molecule has 0 aliphatic heterocycles. The summed E-state index contributed by atoms with van der Waals surface area (Å²) in [6, 6.07) is 14.8.